The molecule has 10 nitrogen and oxygen atoms in total. The Labute approximate surface area is 239 Å². The fraction of sp³-hybridized carbons (Fsp3) is 0.517. The molecule has 1 aliphatic carbocycles. The third kappa shape index (κ3) is 10.1. The molecule has 1 fully saturated rings. The molecule has 1 aromatic heterocycles. The number of aryl methyl sites for hydroxylation is 1. The largest absolute Gasteiger partial charge is 0.449 e. The second-order valence-electron chi connectivity index (χ2n) is 10.6. The lowest BCUT2D eigenvalue weighted by Gasteiger charge is -2.41. The van der Waals surface area contributed by atoms with Crippen LogP contribution < -0.4 is 15.4 Å². The van der Waals surface area contributed by atoms with Gasteiger partial charge in [-0.25, -0.2) is 18.0 Å². The van der Waals surface area contributed by atoms with Gasteiger partial charge in [0.15, 0.2) is 11.2 Å². The van der Waals surface area contributed by atoms with Crippen LogP contribution in [0.25, 0.3) is 0 Å². The molecule has 1 unspecified atom stereocenters. The number of rotatable bonds is 16. The summed E-state index contributed by atoms with van der Waals surface area (Å²) in [6, 6.07) is 10.9. The van der Waals surface area contributed by atoms with E-state index in [-0.39, 0.29) is 25.0 Å². The molecule has 0 bridgehead atoms. The summed E-state index contributed by atoms with van der Waals surface area (Å²) in [5.41, 5.74) is 3.05. The number of ketones is 1. The molecular formula is C29H41N5O5S. The third-order valence-corrected chi connectivity index (χ3v) is 8.22. The van der Waals surface area contributed by atoms with Crippen LogP contribution in [-0.4, -0.2) is 64.6 Å². The van der Waals surface area contributed by atoms with Crippen LogP contribution in [0.1, 0.15) is 55.2 Å². The highest BCUT2D eigenvalue weighted by Gasteiger charge is 2.39. The van der Waals surface area contributed by atoms with E-state index >= 15 is 0 Å². The number of hydrogen-bond acceptors (Lipinski definition) is 6. The lowest BCUT2D eigenvalue weighted by molar-refractivity contribution is -0.139. The van der Waals surface area contributed by atoms with Crippen molar-refractivity contribution < 1.29 is 23.3 Å². The fourth-order valence-electron chi connectivity index (χ4n) is 4.55. The van der Waals surface area contributed by atoms with E-state index in [4.69, 9.17) is 4.74 Å². The van der Waals surface area contributed by atoms with Crippen molar-refractivity contribution in [1.82, 2.24) is 24.6 Å². The zero-order valence-corrected chi connectivity index (χ0v) is 24.4. The first-order valence-corrected chi connectivity index (χ1v) is 14.8. The van der Waals surface area contributed by atoms with Crippen molar-refractivity contribution in [2.45, 2.75) is 64.5 Å². The van der Waals surface area contributed by atoms with Gasteiger partial charge in [0.25, 0.3) is 5.91 Å². The van der Waals surface area contributed by atoms with E-state index in [2.05, 4.69) is 51.5 Å². The Bertz CT molecular complexity index is 1140. The Morgan fingerprint density at radius 3 is 2.48 bits per heavy atom. The fourth-order valence-corrected chi connectivity index (χ4v) is 5.13. The van der Waals surface area contributed by atoms with Gasteiger partial charge in [0, 0.05) is 45.0 Å². The van der Waals surface area contributed by atoms with E-state index < -0.39 is 35.0 Å². The number of hydrogen-bond donors (Lipinski definition) is 3. The molecule has 1 saturated carbocycles. The number of carbonyl (C=O) groups excluding carboxylic acids is 3. The maximum Gasteiger partial charge on any atom is 0.407 e. The number of amides is 2. The first-order valence-electron chi connectivity index (χ1n) is 13.7. The summed E-state index contributed by atoms with van der Waals surface area (Å²) in [5.74, 6) is -1.51. The average molecular weight is 572 g/mol. The lowest BCUT2D eigenvalue weighted by Crippen LogP contribution is -2.48. The highest BCUT2D eigenvalue weighted by Crippen LogP contribution is 2.44. The van der Waals surface area contributed by atoms with E-state index in [0.717, 1.165) is 31.2 Å². The van der Waals surface area contributed by atoms with Gasteiger partial charge in [-0.3, -0.25) is 14.6 Å². The maximum atomic E-state index is 13.0. The summed E-state index contributed by atoms with van der Waals surface area (Å²) in [6.45, 7) is 2.91. The summed E-state index contributed by atoms with van der Waals surface area (Å²) in [5, 5.41) is 5.24. The zero-order valence-electron chi connectivity index (χ0n) is 23.6. The molecule has 40 heavy (non-hydrogen) atoms. The van der Waals surface area contributed by atoms with Crippen LogP contribution in [0.5, 0.6) is 0 Å². The predicted molar refractivity (Wildman–Crippen MR) is 154 cm³/mol. The van der Waals surface area contributed by atoms with Gasteiger partial charge in [-0.1, -0.05) is 42.3 Å². The van der Waals surface area contributed by atoms with Crippen molar-refractivity contribution >= 4 is 29.0 Å². The Morgan fingerprint density at radius 2 is 1.85 bits per heavy atom. The van der Waals surface area contributed by atoms with Gasteiger partial charge in [0.1, 0.15) is 6.04 Å². The summed E-state index contributed by atoms with van der Waals surface area (Å²) in [6.07, 6.45) is 7.75. The van der Waals surface area contributed by atoms with Gasteiger partial charge in [-0.2, -0.15) is 0 Å². The normalized spacial score (nSPS) is 15.5. The van der Waals surface area contributed by atoms with E-state index in [1.165, 1.54) is 11.1 Å². The molecule has 218 valence electrons. The van der Waals surface area contributed by atoms with Crippen LogP contribution in [0.15, 0.2) is 48.8 Å². The van der Waals surface area contributed by atoms with E-state index in [0.29, 0.717) is 19.4 Å². The molecular weight excluding hydrogens is 530 g/mol. The molecule has 1 aromatic carbocycles. The number of benzene rings is 1. The number of nitrogens with one attached hydrogen (secondary N) is 3. The van der Waals surface area contributed by atoms with E-state index in [1.54, 1.807) is 42.9 Å². The second-order valence-corrected chi connectivity index (χ2v) is 12.2. The predicted octanol–water partition coefficient (Wildman–Crippen LogP) is 2.98. The highest BCUT2D eigenvalue weighted by molar-refractivity contribution is 7.80. The van der Waals surface area contributed by atoms with Crippen LogP contribution in [0, 0.1) is 12.3 Å². The Hall–Kier alpha value is -3.15. The number of unbranched alkanes of at least 4 members (excludes halogenated alkanes) is 1. The first kappa shape index (κ1) is 31.4. The number of pyridine rings is 1. The van der Waals surface area contributed by atoms with Gasteiger partial charge in [0.2, 0.25) is 5.78 Å². The van der Waals surface area contributed by atoms with Crippen molar-refractivity contribution in [3.63, 3.8) is 0 Å². The molecule has 0 aliphatic heterocycles. The molecule has 3 rings (SSSR count). The number of nitrogens with zero attached hydrogens (tertiary/aromatic N) is 2. The van der Waals surface area contributed by atoms with Crippen molar-refractivity contribution in [3.05, 3.63) is 65.5 Å². The molecule has 2 aromatic rings. The monoisotopic (exact) mass is 571 g/mol. The molecule has 1 aliphatic rings. The number of ether oxygens (including phenoxy) is 1. The minimum Gasteiger partial charge on any atom is -0.449 e. The average Bonchev–Trinajstić information content (AvgIpc) is 2.93. The number of Topliss-reactive ketones (excluding diaryl/α,β-unsaturated/α-hetero) is 1. The number of alkyl carbamates (subject to hydrolysis) is 1. The third-order valence-electron chi connectivity index (χ3n) is 7.11. The van der Waals surface area contributed by atoms with E-state index in [9.17, 15) is 18.6 Å². The SMILES string of the molecule is Cc1ccc(CC2(COC(=O)N[C@@H](CCCCNS(=O)N(C)C)C(=O)C(=O)NCc3cccnc3)CCC2)cc1. The van der Waals surface area contributed by atoms with Crippen LogP contribution in [0.2, 0.25) is 0 Å². The van der Waals surface area contributed by atoms with Crippen molar-refractivity contribution in [1.29, 1.82) is 0 Å². The Morgan fingerprint density at radius 1 is 1.10 bits per heavy atom. The summed E-state index contributed by atoms with van der Waals surface area (Å²) in [4.78, 5) is 42.5. The highest BCUT2D eigenvalue weighted by atomic mass is 32.2. The molecule has 2 amide bonds. The van der Waals surface area contributed by atoms with Crippen LogP contribution in [-0.2, 0) is 38.5 Å². The van der Waals surface area contributed by atoms with E-state index in [1.807, 2.05) is 0 Å². The topological polar surface area (TPSA) is 130 Å². The molecule has 11 heteroatoms. The van der Waals surface area contributed by atoms with Crippen molar-refractivity contribution in [2.24, 2.45) is 5.41 Å². The van der Waals surface area contributed by atoms with Crippen molar-refractivity contribution in [2.75, 3.05) is 27.2 Å². The molecule has 0 radical (unpaired) electrons. The maximum absolute atomic E-state index is 13.0. The van der Waals surface area contributed by atoms with Crippen LogP contribution in [0.4, 0.5) is 4.79 Å². The first-order chi connectivity index (χ1) is 19.2. The van der Waals surface area contributed by atoms with Gasteiger partial charge in [0.05, 0.1) is 6.61 Å². The second kappa shape index (κ2) is 15.6. The quantitative estimate of drug-likeness (QED) is 0.210. The zero-order chi connectivity index (χ0) is 29.0. The van der Waals surface area contributed by atoms with Crippen molar-refractivity contribution in [3.8, 4) is 0 Å². The summed E-state index contributed by atoms with van der Waals surface area (Å²) < 4.78 is 21.9. The Balaban J connectivity index is 1.55. The minimum atomic E-state index is -1.30. The number of carbonyl (C=O) groups is 3. The van der Waals surface area contributed by atoms with Crippen LogP contribution >= 0.6 is 0 Å². The molecule has 2 atom stereocenters. The standard InChI is InChI=1S/C29H41N5O5S/c1-22-10-12-23(13-11-22)18-29(14-7-15-29)21-39-28(37)33-25(9-4-5-17-32-40(38)34(2)3)26(35)27(36)31-20-24-8-6-16-30-19-24/h6,8,10-13,16,19,25,32H,4-5,7,9,14-15,17-18,20-21H2,1-3H3,(H,31,36)(H,33,37)/t25-,40?/m0/s1. The van der Waals surface area contributed by atoms with Gasteiger partial charge in [-0.15, -0.1) is 0 Å². The van der Waals surface area contributed by atoms with Crippen LogP contribution in [0.3, 0.4) is 0 Å². The molecule has 0 spiro atoms. The van der Waals surface area contributed by atoms with Gasteiger partial charge >= 0.3 is 6.09 Å². The summed E-state index contributed by atoms with van der Waals surface area (Å²) in [7, 11) is 3.40. The molecule has 1 heterocycles. The van der Waals surface area contributed by atoms with Gasteiger partial charge < -0.3 is 15.4 Å². The smallest absolute Gasteiger partial charge is 0.407 e. The lowest BCUT2D eigenvalue weighted by atomic mass is 9.66. The Kier molecular flexibility index (Phi) is 12.2. The number of aromatic nitrogens is 1. The minimum absolute atomic E-state index is 0.110. The van der Waals surface area contributed by atoms with Gasteiger partial charge in [-0.05, 0) is 62.6 Å². The molecule has 0 saturated heterocycles. The summed E-state index contributed by atoms with van der Waals surface area (Å²) >= 11 is -1.30. The molecule has 3 N–H and O–H groups in total.